The molecule has 1 saturated heterocycles. The van der Waals surface area contributed by atoms with E-state index in [4.69, 9.17) is 16.6 Å². The van der Waals surface area contributed by atoms with E-state index in [1.165, 1.54) is 24.3 Å². The number of amides is 1. The van der Waals surface area contributed by atoms with Crippen LogP contribution in [0.15, 0.2) is 24.3 Å². The molecular weight excluding hydrogens is 316 g/mol. The first-order valence-corrected chi connectivity index (χ1v) is 7.54. The molecule has 0 bridgehead atoms. The van der Waals surface area contributed by atoms with Crippen molar-refractivity contribution in [2.24, 2.45) is 17.4 Å². The predicted molar refractivity (Wildman–Crippen MR) is 87.5 cm³/mol. The van der Waals surface area contributed by atoms with Crippen molar-refractivity contribution in [2.75, 3.05) is 26.2 Å². The van der Waals surface area contributed by atoms with Crippen molar-refractivity contribution in [3.05, 3.63) is 39.9 Å². The summed E-state index contributed by atoms with van der Waals surface area (Å²) in [5.74, 6) is -1.37. The number of hydrogen-bond donors (Lipinski definition) is 3. The molecule has 0 radical (unpaired) electrons. The van der Waals surface area contributed by atoms with Gasteiger partial charge in [0.1, 0.15) is 0 Å². The summed E-state index contributed by atoms with van der Waals surface area (Å²) in [6.45, 7) is 3.33. The summed E-state index contributed by atoms with van der Waals surface area (Å²) >= 11 is 0. The van der Waals surface area contributed by atoms with E-state index in [2.05, 4.69) is 4.90 Å². The molecule has 1 aliphatic rings. The second-order valence-electron chi connectivity index (χ2n) is 5.41. The standard InChI is InChI=1S/C8H16N2O2.C7H6N2O3/c9-3-6-10-4-1-7(2-5-10)8(11)12;8-7(10)5-1-3-6(4-2-5)9(11)12/h7H,1-6,9H2,(H,11,12);1-4H,(H2,8,10). The molecule has 0 atom stereocenters. The lowest BCUT2D eigenvalue weighted by molar-refractivity contribution is -0.384. The lowest BCUT2D eigenvalue weighted by Crippen LogP contribution is -2.38. The van der Waals surface area contributed by atoms with Crippen molar-refractivity contribution in [3.8, 4) is 0 Å². The third kappa shape index (κ3) is 6.31. The molecule has 1 aromatic carbocycles. The number of nitro groups is 1. The van der Waals surface area contributed by atoms with Gasteiger partial charge in [-0.25, -0.2) is 0 Å². The maximum absolute atomic E-state index is 10.6. The number of aliphatic carboxylic acids is 1. The zero-order valence-electron chi connectivity index (χ0n) is 13.3. The fourth-order valence-corrected chi connectivity index (χ4v) is 2.33. The highest BCUT2D eigenvalue weighted by molar-refractivity contribution is 5.92. The summed E-state index contributed by atoms with van der Waals surface area (Å²) in [5, 5.41) is 18.9. The number of likely N-dealkylation sites (tertiary alicyclic amines) is 1. The van der Waals surface area contributed by atoms with Crippen LogP contribution in [0.3, 0.4) is 0 Å². The molecule has 0 aliphatic carbocycles. The topological polar surface area (TPSA) is 153 Å². The zero-order valence-corrected chi connectivity index (χ0v) is 13.3. The molecular formula is C15H22N4O5. The Hall–Kier alpha value is -2.52. The van der Waals surface area contributed by atoms with Gasteiger partial charge in [0.15, 0.2) is 0 Å². The molecule has 9 nitrogen and oxygen atoms in total. The quantitative estimate of drug-likeness (QED) is 0.520. The molecule has 132 valence electrons. The minimum Gasteiger partial charge on any atom is -0.481 e. The van der Waals surface area contributed by atoms with Crippen molar-refractivity contribution in [1.82, 2.24) is 4.90 Å². The second kappa shape index (κ2) is 9.58. The summed E-state index contributed by atoms with van der Waals surface area (Å²) in [7, 11) is 0. The maximum Gasteiger partial charge on any atom is 0.306 e. The van der Waals surface area contributed by atoms with Gasteiger partial charge in [0.2, 0.25) is 5.91 Å². The van der Waals surface area contributed by atoms with Crippen molar-refractivity contribution >= 4 is 17.6 Å². The summed E-state index contributed by atoms with van der Waals surface area (Å²) in [4.78, 5) is 33.0. The van der Waals surface area contributed by atoms with Gasteiger partial charge in [0, 0.05) is 30.8 Å². The molecule has 5 N–H and O–H groups in total. The molecule has 0 saturated carbocycles. The molecule has 0 spiro atoms. The number of carboxylic acid groups (broad SMARTS) is 1. The first kappa shape index (κ1) is 19.5. The van der Waals surface area contributed by atoms with Crippen LogP contribution in [0.25, 0.3) is 0 Å². The van der Waals surface area contributed by atoms with Crippen LogP contribution in [-0.2, 0) is 4.79 Å². The number of carboxylic acids is 1. The number of nitrogens with two attached hydrogens (primary N) is 2. The van der Waals surface area contributed by atoms with E-state index in [0.29, 0.717) is 6.54 Å². The largest absolute Gasteiger partial charge is 0.481 e. The smallest absolute Gasteiger partial charge is 0.306 e. The van der Waals surface area contributed by atoms with Crippen LogP contribution in [0.2, 0.25) is 0 Å². The molecule has 0 aromatic heterocycles. The average molecular weight is 338 g/mol. The second-order valence-corrected chi connectivity index (χ2v) is 5.41. The van der Waals surface area contributed by atoms with Gasteiger partial charge in [-0.05, 0) is 38.1 Å². The zero-order chi connectivity index (χ0) is 18.1. The van der Waals surface area contributed by atoms with E-state index in [-0.39, 0.29) is 17.2 Å². The van der Waals surface area contributed by atoms with Crippen LogP contribution >= 0.6 is 0 Å². The Bertz CT molecular complexity index is 535. The molecule has 1 heterocycles. The maximum atomic E-state index is 10.6. The van der Waals surface area contributed by atoms with Gasteiger partial charge in [0.05, 0.1) is 10.8 Å². The Kier molecular flexibility index (Phi) is 7.80. The molecule has 1 aliphatic heterocycles. The SMILES string of the molecule is NC(=O)c1ccc([N+](=O)[O-])cc1.NCCN1CCC(C(=O)O)CC1. The monoisotopic (exact) mass is 338 g/mol. The van der Waals surface area contributed by atoms with Crippen LogP contribution in [0, 0.1) is 16.0 Å². The van der Waals surface area contributed by atoms with E-state index in [1.54, 1.807) is 0 Å². The molecule has 0 unspecified atom stereocenters. The predicted octanol–water partition coefficient (Wildman–Crippen LogP) is 0.435. The van der Waals surface area contributed by atoms with E-state index in [9.17, 15) is 19.7 Å². The van der Waals surface area contributed by atoms with Gasteiger partial charge in [-0.1, -0.05) is 0 Å². The van der Waals surface area contributed by atoms with Gasteiger partial charge in [0.25, 0.3) is 5.69 Å². The molecule has 1 amide bonds. The first-order chi connectivity index (χ1) is 11.3. The number of piperidine rings is 1. The van der Waals surface area contributed by atoms with Crippen molar-refractivity contribution in [2.45, 2.75) is 12.8 Å². The third-order valence-corrected chi connectivity index (χ3v) is 3.74. The van der Waals surface area contributed by atoms with E-state index >= 15 is 0 Å². The highest BCUT2D eigenvalue weighted by Gasteiger charge is 2.23. The highest BCUT2D eigenvalue weighted by Crippen LogP contribution is 2.16. The van der Waals surface area contributed by atoms with Crippen molar-refractivity contribution in [3.63, 3.8) is 0 Å². The van der Waals surface area contributed by atoms with Crippen LogP contribution in [0.4, 0.5) is 5.69 Å². The number of nitrogens with zero attached hydrogens (tertiary/aromatic N) is 2. The number of non-ortho nitro benzene ring substituents is 1. The summed E-state index contributed by atoms with van der Waals surface area (Å²) in [6, 6.07) is 5.11. The van der Waals surface area contributed by atoms with Crippen LogP contribution in [0.1, 0.15) is 23.2 Å². The number of carbonyl (C=O) groups is 2. The van der Waals surface area contributed by atoms with Gasteiger partial charge in [-0.15, -0.1) is 0 Å². The van der Waals surface area contributed by atoms with Crippen LogP contribution < -0.4 is 11.5 Å². The molecule has 9 heteroatoms. The highest BCUT2D eigenvalue weighted by atomic mass is 16.6. The average Bonchev–Trinajstić information content (AvgIpc) is 2.56. The number of primary amides is 1. The Morgan fingerprint density at radius 2 is 1.79 bits per heavy atom. The molecule has 2 rings (SSSR count). The minimum absolute atomic E-state index is 0.0556. The lowest BCUT2D eigenvalue weighted by atomic mass is 9.97. The Morgan fingerprint density at radius 3 is 2.17 bits per heavy atom. The van der Waals surface area contributed by atoms with E-state index in [0.717, 1.165) is 32.5 Å². The van der Waals surface area contributed by atoms with Gasteiger partial charge in [-0.3, -0.25) is 19.7 Å². The number of hydrogen-bond acceptors (Lipinski definition) is 6. The third-order valence-electron chi connectivity index (χ3n) is 3.74. The first-order valence-electron chi connectivity index (χ1n) is 7.54. The number of carbonyl (C=O) groups excluding carboxylic acids is 1. The summed E-state index contributed by atoms with van der Waals surface area (Å²) in [6.07, 6.45) is 1.55. The van der Waals surface area contributed by atoms with Gasteiger partial charge < -0.3 is 21.5 Å². The van der Waals surface area contributed by atoms with E-state index in [1.807, 2.05) is 0 Å². The molecule has 24 heavy (non-hydrogen) atoms. The Labute approximate surface area is 139 Å². The number of nitro benzene ring substituents is 1. The number of benzene rings is 1. The fraction of sp³-hybridized carbons (Fsp3) is 0.467. The summed E-state index contributed by atoms with van der Waals surface area (Å²) in [5.41, 5.74) is 10.5. The Morgan fingerprint density at radius 1 is 1.25 bits per heavy atom. The fourth-order valence-electron chi connectivity index (χ4n) is 2.33. The van der Waals surface area contributed by atoms with E-state index < -0.39 is 16.8 Å². The molecule has 1 fully saturated rings. The minimum atomic E-state index is -0.651. The lowest BCUT2D eigenvalue weighted by Gasteiger charge is -2.29. The normalized spacial score (nSPS) is 15.2. The van der Waals surface area contributed by atoms with Crippen LogP contribution in [-0.4, -0.2) is 53.0 Å². The van der Waals surface area contributed by atoms with Gasteiger partial charge in [-0.2, -0.15) is 0 Å². The van der Waals surface area contributed by atoms with Gasteiger partial charge >= 0.3 is 5.97 Å². The Balaban J connectivity index is 0.000000240. The van der Waals surface area contributed by atoms with Crippen LogP contribution in [0.5, 0.6) is 0 Å². The summed E-state index contributed by atoms with van der Waals surface area (Å²) < 4.78 is 0. The van der Waals surface area contributed by atoms with Crippen molar-refractivity contribution < 1.29 is 19.6 Å². The van der Waals surface area contributed by atoms with Crippen molar-refractivity contribution in [1.29, 1.82) is 0 Å². The molecule has 1 aromatic rings. The number of rotatable bonds is 5.